The zero-order chi connectivity index (χ0) is 24.9. The molecular formula is C25H39NO7S. The molecule has 1 N–H and O–H groups in total. The molecule has 8 nitrogen and oxygen atoms in total. The number of hydrogen-bond acceptors (Lipinski definition) is 7. The molecule has 192 valence electrons. The Kier molecular flexibility index (Phi) is 9.51. The second-order valence-electron chi connectivity index (χ2n) is 10.1. The van der Waals surface area contributed by atoms with Crippen LogP contribution in [0.1, 0.15) is 46.1 Å². The Balaban J connectivity index is 1.72. The number of carbonyl (C=O) groups excluding carboxylic acids is 1. The molecule has 9 heteroatoms. The molecule has 0 aliphatic carbocycles. The van der Waals surface area contributed by atoms with E-state index in [2.05, 4.69) is 0 Å². The van der Waals surface area contributed by atoms with Gasteiger partial charge in [0, 0.05) is 19.0 Å². The van der Waals surface area contributed by atoms with E-state index in [1.165, 1.54) is 4.31 Å². The smallest absolute Gasteiger partial charge is 0.306 e. The average Bonchev–Trinajstić information content (AvgIpc) is 3.38. The number of hydrogen-bond donors (Lipinski definition) is 1. The maximum Gasteiger partial charge on any atom is 0.306 e. The second-order valence-corrected chi connectivity index (χ2v) is 12.6. The highest BCUT2D eigenvalue weighted by Crippen LogP contribution is 2.33. The molecule has 2 saturated heterocycles. The van der Waals surface area contributed by atoms with E-state index in [1.54, 1.807) is 13.8 Å². The second kappa shape index (κ2) is 11.9. The van der Waals surface area contributed by atoms with Gasteiger partial charge in [0.2, 0.25) is 10.0 Å². The van der Waals surface area contributed by atoms with Crippen LogP contribution in [0.2, 0.25) is 0 Å². The highest BCUT2D eigenvalue weighted by atomic mass is 32.2. The molecule has 34 heavy (non-hydrogen) atoms. The first-order valence-electron chi connectivity index (χ1n) is 12.2. The molecule has 0 spiro atoms. The zero-order valence-electron chi connectivity index (χ0n) is 20.6. The van der Waals surface area contributed by atoms with Crippen LogP contribution in [0.25, 0.3) is 0 Å². The van der Waals surface area contributed by atoms with Crippen LogP contribution >= 0.6 is 0 Å². The van der Waals surface area contributed by atoms with E-state index in [0.717, 1.165) is 12.0 Å². The lowest BCUT2D eigenvalue weighted by atomic mass is 9.90. The molecule has 0 bridgehead atoms. The van der Waals surface area contributed by atoms with E-state index in [0.29, 0.717) is 26.2 Å². The molecule has 5 unspecified atom stereocenters. The topological polar surface area (TPSA) is 102 Å². The predicted octanol–water partition coefficient (Wildman–Crippen LogP) is 2.60. The third kappa shape index (κ3) is 7.01. The van der Waals surface area contributed by atoms with Gasteiger partial charge in [-0.25, -0.2) is 8.42 Å². The van der Waals surface area contributed by atoms with Gasteiger partial charge in [-0.3, -0.25) is 4.79 Å². The van der Waals surface area contributed by atoms with Gasteiger partial charge in [0.15, 0.2) is 6.29 Å². The summed E-state index contributed by atoms with van der Waals surface area (Å²) in [5.74, 6) is -0.769. The van der Waals surface area contributed by atoms with Crippen molar-refractivity contribution in [3.05, 3.63) is 35.9 Å². The van der Waals surface area contributed by atoms with Gasteiger partial charge in [-0.2, -0.15) is 4.31 Å². The Labute approximate surface area is 203 Å². The molecule has 0 radical (unpaired) electrons. The van der Waals surface area contributed by atoms with Crippen LogP contribution in [0, 0.1) is 17.8 Å². The minimum atomic E-state index is -3.57. The van der Waals surface area contributed by atoms with E-state index >= 15 is 0 Å². The fraction of sp³-hybridized carbons (Fsp3) is 0.720. The maximum absolute atomic E-state index is 12.9. The van der Waals surface area contributed by atoms with E-state index in [9.17, 15) is 18.3 Å². The Morgan fingerprint density at radius 1 is 1.15 bits per heavy atom. The molecule has 0 amide bonds. The summed E-state index contributed by atoms with van der Waals surface area (Å²) < 4.78 is 44.0. The molecule has 2 aliphatic heterocycles. The molecule has 0 saturated carbocycles. The Morgan fingerprint density at radius 2 is 1.85 bits per heavy atom. The summed E-state index contributed by atoms with van der Waals surface area (Å²) in [5.41, 5.74) is 0.968. The molecule has 0 aromatic heterocycles. The standard InChI is InChI=1S/C25H39NO7S/c1-17(2)14-26(34(29,30)18(3)4)15-22(27)20(12-19-8-6-5-7-9-19)13-24(28)33-23-16-32-25-21(23)10-11-31-25/h5-9,17-18,20-23,25,27H,10-16H2,1-4H3. The van der Waals surface area contributed by atoms with E-state index in [1.807, 2.05) is 44.2 Å². The average molecular weight is 498 g/mol. The summed E-state index contributed by atoms with van der Waals surface area (Å²) in [6, 6.07) is 9.59. The lowest BCUT2D eigenvalue weighted by molar-refractivity contribution is -0.153. The van der Waals surface area contributed by atoms with Crippen LogP contribution in [0.3, 0.4) is 0 Å². The lowest BCUT2D eigenvalue weighted by Crippen LogP contribution is -2.45. The summed E-state index contributed by atoms with van der Waals surface area (Å²) >= 11 is 0. The van der Waals surface area contributed by atoms with Crippen LogP contribution in [0.4, 0.5) is 0 Å². The fourth-order valence-corrected chi connectivity index (χ4v) is 6.05. The normalized spacial score (nSPS) is 24.5. The van der Waals surface area contributed by atoms with Gasteiger partial charge in [-0.05, 0) is 38.2 Å². The number of aliphatic hydroxyl groups excluding tert-OH is 1. The van der Waals surface area contributed by atoms with Crippen LogP contribution in [-0.4, -0.2) is 73.9 Å². The number of benzene rings is 1. The fourth-order valence-electron chi connectivity index (χ4n) is 4.59. The van der Waals surface area contributed by atoms with Gasteiger partial charge in [-0.15, -0.1) is 0 Å². The molecule has 1 aromatic carbocycles. The van der Waals surface area contributed by atoms with Gasteiger partial charge < -0.3 is 19.3 Å². The first-order chi connectivity index (χ1) is 16.1. The Bertz CT molecular complexity index is 890. The summed E-state index contributed by atoms with van der Waals surface area (Å²) in [6.45, 7) is 8.30. The summed E-state index contributed by atoms with van der Waals surface area (Å²) in [6.07, 6.45) is -0.479. The molecule has 1 aromatic rings. The van der Waals surface area contributed by atoms with Gasteiger partial charge >= 0.3 is 5.97 Å². The number of esters is 1. The lowest BCUT2D eigenvalue weighted by Gasteiger charge is -2.31. The van der Waals surface area contributed by atoms with Crippen molar-refractivity contribution in [2.45, 2.75) is 70.7 Å². The van der Waals surface area contributed by atoms with Gasteiger partial charge in [0.1, 0.15) is 6.10 Å². The minimum Gasteiger partial charge on any atom is -0.459 e. The van der Waals surface area contributed by atoms with Crippen LogP contribution < -0.4 is 0 Å². The maximum atomic E-state index is 12.9. The number of carbonyl (C=O) groups is 1. The SMILES string of the molecule is CC(C)CN(CC(O)C(CC(=O)OC1COC2OCCC12)Cc1ccccc1)S(=O)(=O)C(C)C. The van der Waals surface area contributed by atoms with E-state index in [4.69, 9.17) is 14.2 Å². The highest BCUT2D eigenvalue weighted by molar-refractivity contribution is 7.89. The van der Waals surface area contributed by atoms with Crippen LogP contribution in [0.15, 0.2) is 30.3 Å². The number of rotatable bonds is 12. The molecule has 2 aliphatic rings. The van der Waals surface area contributed by atoms with E-state index < -0.39 is 33.3 Å². The van der Waals surface area contributed by atoms with Crippen molar-refractivity contribution in [3.8, 4) is 0 Å². The van der Waals surface area contributed by atoms with Crippen LogP contribution in [0.5, 0.6) is 0 Å². The Hall–Kier alpha value is -1.52. The summed E-state index contributed by atoms with van der Waals surface area (Å²) in [7, 11) is -3.57. The van der Waals surface area contributed by atoms with Crippen molar-refractivity contribution < 1.29 is 32.5 Å². The zero-order valence-corrected chi connectivity index (χ0v) is 21.4. The van der Waals surface area contributed by atoms with Gasteiger partial charge in [-0.1, -0.05) is 44.2 Å². The van der Waals surface area contributed by atoms with Gasteiger partial charge in [0.05, 0.1) is 36.9 Å². The van der Waals surface area contributed by atoms with E-state index in [-0.39, 0.29) is 37.2 Å². The summed E-state index contributed by atoms with van der Waals surface area (Å²) in [4.78, 5) is 12.9. The number of nitrogens with zero attached hydrogens (tertiary/aromatic N) is 1. The first-order valence-corrected chi connectivity index (χ1v) is 13.7. The molecule has 2 heterocycles. The number of aliphatic hydroxyl groups is 1. The minimum absolute atomic E-state index is 0.0119. The summed E-state index contributed by atoms with van der Waals surface area (Å²) in [5, 5.41) is 10.6. The van der Waals surface area contributed by atoms with Crippen molar-refractivity contribution in [1.82, 2.24) is 4.31 Å². The first kappa shape index (κ1) is 27.1. The van der Waals surface area contributed by atoms with Gasteiger partial charge in [0.25, 0.3) is 0 Å². The number of sulfonamides is 1. The molecule has 5 atom stereocenters. The highest BCUT2D eigenvalue weighted by Gasteiger charge is 2.44. The number of fused-ring (bicyclic) bond motifs is 1. The molecular weight excluding hydrogens is 458 g/mol. The van der Waals surface area contributed by atoms with Crippen molar-refractivity contribution in [2.75, 3.05) is 26.3 Å². The largest absolute Gasteiger partial charge is 0.459 e. The quantitative estimate of drug-likeness (QED) is 0.443. The van der Waals surface area contributed by atoms with Crippen molar-refractivity contribution in [1.29, 1.82) is 0 Å². The molecule has 2 fully saturated rings. The monoisotopic (exact) mass is 497 g/mol. The van der Waals surface area contributed by atoms with Crippen molar-refractivity contribution >= 4 is 16.0 Å². The Morgan fingerprint density at radius 3 is 2.50 bits per heavy atom. The van der Waals surface area contributed by atoms with Crippen LogP contribution in [-0.2, 0) is 35.4 Å². The number of ether oxygens (including phenoxy) is 3. The van der Waals surface area contributed by atoms with Crippen molar-refractivity contribution in [2.24, 2.45) is 17.8 Å². The van der Waals surface area contributed by atoms with Crippen molar-refractivity contribution in [3.63, 3.8) is 0 Å². The third-order valence-electron chi connectivity index (χ3n) is 6.50. The predicted molar refractivity (Wildman–Crippen MR) is 128 cm³/mol. The third-order valence-corrected chi connectivity index (χ3v) is 8.71. The molecule has 3 rings (SSSR count).